The van der Waals surface area contributed by atoms with Crippen LogP contribution >= 0.6 is 24.0 Å². The summed E-state index contributed by atoms with van der Waals surface area (Å²) < 4.78 is 10.8. The topological polar surface area (TPSA) is 87.9 Å². The molecule has 1 aliphatic rings. The van der Waals surface area contributed by atoms with Crippen LogP contribution in [0.3, 0.4) is 0 Å². The van der Waals surface area contributed by atoms with Crippen molar-refractivity contribution >= 4 is 35.8 Å². The molecule has 8 heteroatoms. The van der Waals surface area contributed by atoms with Crippen LogP contribution in [0.15, 0.2) is 27.8 Å². The number of aliphatic imine (C=N–C) groups is 1. The van der Waals surface area contributed by atoms with Gasteiger partial charge >= 0.3 is 0 Å². The molecule has 0 aliphatic heterocycles. The van der Waals surface area contributed by atoms with Crippen molar-refractivity contribution in [2.24, 2.45) is 10.9 Å². The molecule has 1 fully saturated rings. The summed E-state index contributed by atoms with van der Waals surface area (Å²) in [6, 6.07) is 3.76. The van der Waals surface area contributed by atoms with Gasteiger partial charge in [0, 0.05) is 39.2 Å². The highest BCUT2D eigenvalue weighted by molar-refractivity contribution is 14.0. The lowest BCUT2D eigenvalue weighted by Crippen LogP contribution is -2.41. The number of halogens is 1. The van der Waals surface area contributed by atoms with Gasteiger partial charge in [0.15, 0.2) is 5.96 Å². The van der Waals surface area contributed by atoms with Gasteiger partial charge in [-0.15, -0.1) is 24.0 Å². The van der Waals surface area contributed by atoms with E-state index in [1.54, 1.807) is 6.26 Å². The zero-order valence-electron chi connectivity index (χ0n) is 17.6. The zero-order chi connectivity index (χ0) is 19.9. The van der Waals surface area contributed by atoms with E-state index in [1.165, 1.54) is 32.1 Å². The van der Waals surface area contributed by atoms with Crippen LogP contribution in [0.25, 0.3) is 0 Å². The number of ether oxygens (including phenoxy) is 1. The van der Waals surface area contributed by atoms with E-state index in [1.807, 2.05) is 19.1 Å². The standard InChI is InChI=1S/C21H36N4O3.HI/c1-2-22-21(24-11-7-14-27-17-19-10-6-15-28-19)25-13-12-23-20(26)16-18-8-4-3-5-9-18;/h6,10,15,18H,2-5,7-9,11-14,16-17H2,1H3,(H,23,26)(H2,22,24,25);1H. The SMILES string of the molecule is CCNC(=NCCCOCc1ccco1)NCCNC(=O)CC1CCCCC1.I. The highest BCUT2D eigenvalue weighted by atomic mass is 127. The Balaban J connectivity index is 0.00000420. The summed E-state index contributed by atoms with van der Waals surface area (Å²) in [4.78, 5) is 16.6. The first-order valence-corrected chi connectivity index (χ1v) is 10.7. The number of furan rings is 1. The van der Waals surface area contributed by atoms with E-state index in [0.29, 0.717) is 45.2 Å². The molecule has 1 heterocycles. The number of nitrogens with one attached hydrogen (secondary N) is 3. The Morgan fingerprint density at radius 1 is 1.21 bits per heavy atom. The second kappa shape index (κ2) is 16.5. The predicted molar refractivity (Wildman–Crippen MR) is 127 cm³/mol. The first-order valence-electron chi connectivity index (χ1n) is 10.7. The quantitative estimate of drug-likeness (QED) is 0.170. The third-order valence-corrected chi connectivity index (χ3v) is 4.82. The molecule has 0 atom stereocenters. The van der Waals surface area contributed by atoms with Crippen molar-refractivity contribution in [3.63, 3.8) is 0 Å². The minimum absolute atomic E-state index is 0. The second-order valence-corrected chi connectivity index (χ2v) is 7.23. The smallest absolute Gasteiger partial charge is 0.220 e. The van der Waals surface area contributed by atoms with Gasteiger partial charge < -0.3 is 25.1 Å². The van der Waals surface area contributed by atoms with Crippen LogP contribution in [-0.4, -0.2) is 44.7 Å². The molecule has 29 heavy (non-hydrogen) atoms. The van der Waals surface area contributed by atoms with Gasteiger partial charge in [0.1, 0.15) is 12.4 Å². The van der Waals surface area contributed by atoms with E-state index in [4.69, 9.17) is 9.15 Å². The molecule has 1 aromatic rings. The Morgan fingerprint density at radius 3 is 2.72 bits per heavy atom. The number of nitrogens with zero attached hydrogens (tertiary/aromatic N) is 1. The zero-order valence-corrected chi connectivity index (χ0v) is 19.9. The van der Waals surface area contributed by atoms with Crippen molar-refractivity contribution in [2.45, 2.75) is 58.5 Å². The molecule has 1 aliphatic carbocycles. The minimum Gasteiger partial charge on any atom is -0.467 e. The van der Waals surface area contributed by atoms with E-state index >= 15 is 0 Å². The van der Waals surface area contributed by atoms with Gasteiger partial charge in [-0.2, -0.15) is 0 Å². The summed E-state index contributed by atoms with van der Waals surface area (Å²) in [7, 11) is 0. The van der Waals surface area contributed by atoms with Crippen LogP contribution in [0.5, 0.6) is 0 Å². The average Bonchev–Trinajstić information content (AvgIpc) is 3.22. The number of hydrogen-bond donors (Lipinski definition) is 3. The van der Waals surface area contributed by atoms with Gasteiger partial charge in [0.25, 0.3) is 0 Å². The second-order valence-electron chi connectivity index (χ2n) is 7.23. The molecule has 0 saturated heterocycles. The molecule has 1 amide bonds. The molecule has 0 spiro atoms. The van der Waals surface area contributed by atoms with Crippen LogP contribution in [0.2, 0.25) is 0 Å². The van der Waals surface area contributed by atoms with Crippen molar-refractivity contribution < 1.29 is 13.9 Å². The van der Waals surface area contributed by atoms with Crippen LogP contribution < -0.4 is 16.0 Å². The fourth-order valence-corrected chi connectivity index (χ4v) is 3.38. The molecule has 0 unspecified atom stereocenters. The van der Waals surface area contributed by atoms with Gasteiger partial charge in [-0.1, -0.05) is 19.3 Å². The third-order valence-electron chi connectivity index (χ3n) is 4.82. The summed E-state index contributed by atoms with van der Waals surface area (Å²) in [6.07, 6.45) is 9.44. The first-order chi connectivity index (χ1) is 13.8. The van der Waals surface area contributed by atoms with E-state index in [0.717, 1.165) is 24.7 Å². The van der Waals surface area contributed by atoms with Crippen molar-refractivity contribution in [1.29, 1.82) is 0 Å². The fraction of sp³-hybridized carbons (Fsp3) is 0.714. The predicted octanol–water partition coefficient (Wildman–Crippen LogP) is 3.45. The molecule has 7 nitrogen and oxygen atoms in total. The van der Waals surface area contributed by atoms with Crippen molar-refractivity contribution in [3.05, 3.63) is 24.2 Å². The summed E-state index contributed by atoms with van der Waals surface area (Å²) in [6.45, 7) is 5.93. The molecule has 0 aromatic carbocycles. The van der Waals surface area contributed by atoms with Gasteiger partial charge in [-0.3, -0.25) is 9.79 Å². The highest BCUT2D eigenvalue weighted by Gasteiger charge is 2.16. The summed E-state index contributed by atoms with van der Waals surface area (Å²) in [5.74, 6) is 2.36. The van der Waals surface area contributed by atoms with Crippen molar-refractivity contribution in [3.8, 4) is 0 Å². The molecule has 0 radical (unpaired) electrons. The van der Waals surface area contributed by atoms with Gasteiger partial charge in [-0.05, 0) is 44.2 Å². The lowest BCUT2D eigenvalue weighted by Gasteiger charge is -2.20. The van der Waals surface area contributed by atoms with Gasteiger partial charge in [0.2, 0.25) is 5.91 Å². The maximum atomic E-state index is 12.0. The highest BCUT2D eigenvalue weighted by Crippen LogP contribution is 2.25. The Hall–Kier alpha value is -1.29. The number of rotatable bonds is 12. The van der Waals surface area contributed by atoms with Crippen LogP contribution in [0, 0.1) is 5.92 Å². The molecular formula is C21H37IN4O3. The number of carbonyl (C=O) groups excluding carboxylic acids is 1. The number of amides is 1. The largest absolute Gasteiger partial charge is 0.467 e. The maximum Gasteiger partial charge on any atom is 0.220 e. The first kappa shape index (κ1) is 25.7. The lowest BCUT2D eigenvalue weighted by molar-refractivity contribution is -0.122. The van der Waals surface area contributed by atoms with E-state index in [-0.39, 0.29) is 29.9 Å². The monoisotopic (exact) mass is 520 g/mol. The van der Waals surface area contributed by atoms with E-state index in [9.17, 15) is 4.79 Å². The summed E-state index contributed by atoms with van der Waals surface area (Å²) >= 11 is 0. The van der Waals surface area contributed by atoms with Crippen molar-refractivity contribution in [2.75, 3.05) is 32.8 Å². The van der Waals surface area contributed by atoms with E-state index < -0.39 is 0 Å². The Bertz CT molecular complexity index is 560. The number of hydrogen-bond acceptors (Lipinski definition) is 4. The van der Waals surface area contributed by atoms with Crippen LogP contribution in [0.4, 0.5) is 0 Å². The third kappa shape index (κ3) is 12.1. The van der Waals surface area contributed by atoms with Gasteiger partial charge in [0.05, 0.1) is 6.26 Å². The maximum absolute atomic E-state index is 12.0. The van der Waals surface area contributed by atoms with Crippen LogP contribution in [0.1, 0.15) is 57.6 Å². The Kier molecular flexibility index (Phi) is 14.6. The van der Waals surface area contributed by atoms with Gasteiger partial charge in [-0.25, -0.2) is 0 Å². The molecule has 1 aromatic heterocycles. The van der Waals surface area contributed by atoms with E-state index in [2.05, 4.69) is 20.9 Å². The molecular weight excluding hydrogens is 483 g/mol. The number of carbonyl (C=O) groups is 1. The van der Waals surface area contributed by atoms with Crippen LogP contribution in [-0.2, 0) is 16.1 Å². The molecule has 0 bridgehead atoms. The normalized spacial score (nSPS) is 14.9. The Labute approximate surface area is 191 Å². The molecule has 1 saturated carbocycles. The molecule has 166 valence electrons. The fourth-order valence-electron chi connectivity index (χ4n) is 3.38. The minimum atomic E-state index is 0. The number of guanidine groups is 1. The molecule has 3 N–H and O–H groups in total. The summed E-state index contributed by atoms with van der Waals surface area (Å²) in [5.41, 5.74) is 0. The molecule has 2 rings (SSSR count). The average molecular weight is 520 g/mol. The lowest BCUT2D eigenvalue weighted by atomic mass is 9.87. The Morgan fingerprint density at radius 2 is 2.00 bits per heavy atom. The van der Waals surface area contributed by atoms with Crippen molar-refractivity contribution in [1.82, 2.24) is 16.0 Å². The summed E-state index contributed by atoms with van der Waals surface area (Å²) in [5, 5.41) is 9.49.